The zero-order valence-electron chi connectivity index (χ0n) is 11.0. The number of nitrogens with one attached hydrogen (secondary N) is 1. The summed E-state index contributed by atoms with van der Waals surface area (Å²) in [6.45, 7) is 5.94. The number of hydrogen-bond acceptors (Lipinski definition) is 1. The highest BCUT2D eigenvalue weighted by molar-refractivity contribution is 5.28. The van der Waals surface area contributed by atoms with Crippen molar-refractivity contribution < 1.29 is 8.78 Å². The molecule has 1 atom stereocenters. The van der Waals surface area contributed by atoms with Crippen LogP contribution in [0.25, 0.3) is 0 Å². The first-order valence-electron chi connectivity index (χ1n) is 6.08. The molecule has 0 aliphatic heterocycles. The zero-order chi connectivity index (χ0) is 13.0. The van der Waals surface area contributed by atoms with E-state index >= 15 is 0 Å². The van der Waals surface area contributed by atoms with Gasteiger partial charge in [0.05, 0.1) is 0 Å². The van der Waals surface area contributed by atoms with Crippen LogP contribution in [0, 0.1) is 24.5 Å². The quantitative estimate of drug-likeness (QED) is 0.822. The van der Waals surface area contributed by atoms with Crippen molar-refractivity contribution >= 4 is 0 Å². The highest BCUT2D eigenvalue weighted by Gasteiger charge is 2.16. The average Bonchev–Trinajstić information content (AvgIpc) is 2.25. The third kappa shape index (κ3) is 3.77. The molecule has 0 amide bonds. The van der Waals surface area contributed by atoms with Gasteiger partial charge in [-0.1, -0.05) is 13.8 Å². The monoisotopic (exact) mass is 241 g/mol. The van der Waals surface area contributed by atoms with Crippen LogP contribution >= 0.6 is 0 Å². The Morgan fingerprint density at radius 3 is 2.29 bits per heavy atom. The van der Waals surface area contributed by atoms with E-state index in [4.69, 9.17) is 0 Å². The highest BCUT2D eigenvalue weighted by atomic mass is 19.1. The van der Waals surface area contributed by atoms with E-state index in [1.165, 1.54) is 0 Å². The summed E-state index contributed by atoms with van der Waals surface area (Å²) < 4.78 is 26.9. The van der Waals surface area contributed by atoms with Gasteiger partial charge < -0.3 is 5.32 Å². The summed E-state index contributed by atoms with van der Waals surface area (Å²) >= 11 is 0. The van der Waals surface area contributed by atoms with Gasteiger partial charge in [0.15, 0.2) is 0 Å². The summed E-state index contributed by atoms with van der Waals surface area (Å²) in [4.78, 5) is 0. The van der Waals surface area contributed by atoms with Crippen molar-refractivity contribution in [3.63, 3.8) is 0 Å². The van der Waals surface area contributed by atoms with Gasteiger partial charge in [0, 0.05) is 17.7 Å². The van der Waals surface area contributed by atoms with Gasteiger partial charge in [0.1, 0.15) is 11.6 Å². The number of hydrogen-bond donors (Lipinski definition) is 1. The summed E-state index contributed by atoms with van der Waals surface area (Å²) in [7, 11) is 1.81. The number of rotatable bonds is 5. The third-order valence-electron chi connectivity index (χ3n) is 3.03. The van der Waals surface area contributed by atoms with Crippen LogP contribution in [0.15, 0.2) is 12.1 Å². The van der Waals surface area contributed by atoms with Crippen LogP contribution < -0.4 is 5.32 Å². The van der Waals surface area contributed by atoms with E-state index in [0.717, 1.165) is 18.9 Å². The van der Waals surface area contributed by atoms with Gasteiger partial charge in [-0.15, -0.1) is 0 Å². The Kier molecular flexibility index (Phi) is 5.06. The Bertz CT molecular complexity index is 375. The Labute approximate surface area is 102 Å². The van der Waals surface area contributed by atoms with Crippen molar-refractivity contribution in [1.82, 2.24) is 5.32 Å². The molecule has 0 aliphatic rings. The topological polar surface area (TPSA) is 12.0 Å². The molecule has 0 aromatic heterocycles. The molecule has 0 saturated heterocycles. The smallest absolute Gasteiger partial charge is 0.130 e. The van der Waals surface area contributed by atoms with E-state index in [9.17, 15) is 8.78 Å². The van der Waals surface area contributed by atoms with Crippen LogP contribution in [0.4, 0.5) is 8.78 Å². The molecule has 17 heavy (non-hydrogen) atoms. The molecule has 1 nitrogen and oxygen atoms in total. The molecule has 1 aromatic carbocycles. The second kappa shape index (κ2) is 6.10. The Morgan fingerprint density at radius 2 is 1.76 bits per heavy atom. The Morgan fingerprint density at radius 1 is 1.12 bits per heavy atom. The number of halogens is 2. The summed E-state index contributed by atoms with van der Waals surface area (Å²) in [6.07, 6.45) is 1.87. The maximum Gasteiger partial charge on any atom is 0.130 e. The molecule has 1 aromatic rings. The van der Waals surface area contributed by atoms with Crippen LogP contribution in [-0.2, 0) is 0 Å². The fraction of sp³-hybridized carbons (Fsp3) is 0.571. The first-order chi connectivity index (χ1) is 7.95. The third-order valence-corrected chi connectivity index (χ3v) is 3.03. The van der Waals surface area contributed by atoms with Crippen LogP contribution in [0.2, 0.25) is 0 Å². The van der Waals surface area contributed by atoms with Gasteiger partial charge in [-0.05, 0) is 44.4 Å². The lowest BCUT2D eigenvalue weighted by molar-refractivity contribution is 0.446. The Hall–Kier alpha value is -0.960. The molecule has 96 valence electrons. The standard InChI is InChI=1S/C14H21F2N/c1-9(2)5-6-14(17-4)11-7-10(3)12(15)8-13(11)16/h7-9,14,17H,5-6H2,1-4H3. The summed E-state index contributed by atoms with van der Waals surface area (Å²) in [5.74, 6) is -0.364. The van der Waals surface area contributed by atoms with E-state index < -0.39 is 11.6 Å². The molecule has 0 fully saturated rings. The maximum absolute atomic E-state index is 13.7. The summed E-state index contributed by atoms with van der Waals surface area (Å²) in [6, 6.07) is 2.54. The van der Waals surface area contributed by atoms with Crippen molar-refractivity contribution in [2.24, 2.45) is 5.92 Å². The van der Waals surface area contributed by atoms with Gasteiger partial charge in [-0.3, -0.25) is 0 Å². The van der Waals surface area contributed by atoms with E-state index in [1.807, 2.05) is 7.05 Å². The minimum absolute atomic E-state index is 0.0447. The number of aryl methyl sites for hydroxylation is 1. The molecular formula is C14H21F2N. The molecule has 0 bridgehead atoms. The first kappa shape index (κ1) is 14.1. The van der Waals surface area contributed by atoms with Crippen molar-refractivity contribution in [2.75, 3.05) is 7.05 Å². The van der Waals surface area contributed by atoms with Crippen LogP contribution in [0.3, 0.4) is 0 Å². The number of benzene rings is 1. The van der Waals surface area contributed by atoms with Crippen molar-refractivity contribution in [3.8, 4) is 0 Å². The fourth-order valence-corrected chi connectivity index (χ4v) is 1.90. The highest BCUT2D eigenvalue weighted by Crippen LogP contribution is 2.25. The summed E-state index contributed by atoms with van der Waals surface area (Å²) in [5.41, 5.74) is 1.05. The van der Waals surface area contributed by atoms with Crippen molar-refractivity contribution in [1.29, 1.82) is 0 Å². The molecule has 1 N–H and O–H groups in total. The van der Waals surface area contributed by atoms with Crippen LogP contribution in [0.1, 0.15) is 43.9 Å². The SMILES string of the molecule is CNC(CCC(C)C)c1cc(C)c(F)cc1F. The van der Waals surface area contributed by atoms with Gasteiger partial charge in [0.2, 0.25) is 0 Å². The predicted octanol–water partition coefficient (Wildman–Crippen LogP) is 3.97. The lowest BCUT2D eigenvalue weighted by atomic mass is 9.96. The second-order valence-electron chi connectivity index (χ2n) is 4.94. The van der Waals surface area contributed by atoms with E-state index in [0.29, 0.717) is 17.0 Å². The summed E-state index contributed by atoms with van der Waals surface area (Å²) in [5, 5.41) is 3.10. The Balaban J connectivity index is 2.91. The van der Waals surface area contributed by atoms with Gasteiger partial charge >= 0.3 is 0 Å². The molecule has 0 spiro atoms. The van der Waals surface area contributed by atoms with Crippen LogP contribution in [-0.4, -0.2) is 7.05 Å². The molecular weight excluding hydrogens is 220 g/mol. The van der Waals surface area contributed by atoms with E-state index in [1.54, 1.807) is 13.0 Å². The molecule has 1 rings (SSSR count). The van der Waals surface area contributed by atoms with Crippen LogP contribution in [0.5, 0.6) is 0 Å². The van der Waals surface area contributed by atoms with Gasteiger partial charge in [0.25, 0.3) is 0 Å². The second-order valence-corrected chi connectivity index (χ2v) is 4.94. The predicted molar refractivity (Wildman–Crippen MR) is 67.0 cm³/mol. The lowest BCUT2D eigenvalue weighted by Gasteiger charge is -2.19. The van der Waals surface area contributed by atoms with Gasteiger partial charge in [-0.2, -0.15) is 0 Å². The lowest BCUT2D eigenvalue weighted by Crippen LogP contribution is -2.18. The largest absolute Gasteiger partial charge is 0.313 e. The molecule has 0 heterocycles. The molecule has 1 unspecified atom stereocenters. The minimum atomic E-state index is -0.482. The van der Waals surface area contributed by atoms with Gasteiger partial charge in [-0.25, -0.2) is 8.78 Å². The van der Waals surface area contributed by atoms with E-state index in [2.05, 4.69) is 19.2 Å². The molecule has 0 saturated carbocycles. The first-order valence-corrected chi connectivity index (χ1v) is 6.08. The van der Waals surface area contributed by atoms with Crippen molar-refractivity contribution in [3.05, 3.63) is 34.9 Å². The molecule has 3 heteroatoms. The molecule has 0 radical (unpaired) electrons. The average molecular weight is 241 g/mol. The zero-order valence-corrected chi connectivity index (χ0v) is 11.0. The normalized spacial score (nSPS) is 13.1. The molecule has 0 aliphatic carbocycles. The fourth-order valence-electron chi connectivity index (χ4n) is 1.90. The van der Waals surface area contributed by atoms with Crippen molar-refractivity contribution in [2.45, 2.75) is 39.7 Å². The minimum Gasteiger partial charge on any atom is -0.313 e. The maximum atomic E-state index is 13.7. The van der Waals surface area contributed by atoms with E-state index in [-0.39, 0.29) is 6.04 Å².